The van der Waals surface area contributed by atoms with Gasteiger partial charge < -0.3 is 20.6 Å². The van der Waals surface area contributed by atoms with Gasteiger partial charge in [0.2, 0.25) is 0 Å². The number of rotatable bonds is 5. The number of hydrogen-bond acceptors (Lipinski definition) is 4. The normalized spacial score (nSPS) is 19.8. The van der Waals surface area contributed by atoms with Crippen molar-refractivity contribution in [2.75, 3.05) is 24.6 Å². The van der Waals surface area contributed by atoms with Gasteiger partial charge in [0.15, 0.2) is 5.84 Å². The fraction of sp³-hybridized carbons (Fsp3) is 0.533. The topological polar surface area (TPSA) is 71.1 Å². The van der Waals surface area contributed by atoms with Crippen LogP contribution in [0.1, 0.15) is 31.7 Å². The molecular weight excluding hydrogens is 290 g/mol. The zero-order chi connectivity index (χ0) is 15.2. The Labute approximate surface area is 130 Å². The average molecular weight is 312 g/mol. The largest absolute Gasteiger partial charge is 0.409 e. The van der Waals surface area contributed by atoms with E-state index in [0.717, 1.165) is 44.6 Å². The zero-order valence-corrected chi connectivity index (χ0v) is 13.0. The summed E-state index contributed by atoms with van der Waals surface area (Å²) < 4.78 is 5.85. The molecule has 1 aromatic rings. The van der Waals surface area contributed by atoms with E-state index in [-0.39, 0.29) is 11.9 Å². The predicted molar refractivity (Wildman–Crippen MR) is 85.4 cm³/mol. The molecule has 0 saturated carbocycles. The number of nitrogens with two attached hydrogens (primary N) is 1. The molecule has 0 radical (unpaired) electrons. The highest BCUT2D eigenvalue weighted by atomic mass is 35.5. The van der Waals surface area contributed by atoms with Gasteiger partial charge in [0.1, 0.15) is 0 Å². The van der Waals surface area contributed by atoms with E-state index in [2.05, 4.69) is 17.0 Å². The van der Waals surface area contributed by atoms with E-state index in [0.29, 0.717) is 10.6 Å². The Hall–Kier alpha value is -1.46. The van der Waals surface area contributed by atoms with Crippen LogP contribution in [0.25, 0.3) is 0 Å². The molecule has 1 heterocycles. The summed E-state index contributed by atoms with van der Waals surface area (Å²) in [6.07, 6.45) is 3.53. The molecule has 116 valence electrons. The Morgan fingerprint density at radius 3 is 3.05 bits per heavy atom. The first kappa shape index (κ1) is 15.9. The molecular formula is C15H22ClN3O2. The molecule has 5 nitrogen and oxygen atoms in total. The van der Waals surface area contributed by atoms with Crippen molar-refractivity contribution in [2.24, 2.45) is 10.9 Å². The fourth-order valence-electron chi connectivity index (χ4n) is 2.56. The predicted octanol–water partition coefficient (Wildman–Crippen LogP) is 2.83. The Kier molecular flexibility index (Phi) is 5.70. The van der Waals surface area contributed by atoms with Crippen molar-refractivity contribution in [1.29, 1.82) is 0 Å². The molecule has 0 spiro atoms. The quantitative estimate of drug-likeness (QED) is 0.380. The SMILES string of the molecule is CCCOC1CCCN(c2ccc(C(N)=NO)c(Cl)c2)C1. The van der Waals surface area contributed by atoms with Gasteiger partial charge in [-0.1, -0.05) is 23.7 Å². The van der Waals surface area contributed by atoms with Crippen LogP contribution in [0, 0.1) is 0 Å². The minimum Gasteiger partial charge on any atom is -0.409 e. The van der Waals surface area contributed by atoms with Crippen LogP contribution >= 0.6 is 11.6 Å². The lowest BCUT2D eigenvalue weighted by Gasteiger charge is -2.34. The Morgan fingerprint density at radius 2 is 2.38 bits per heavy atom. The van der Waals surface area contributed by atoms with Gasteiger partial charge in [-0.25, -0.2) is 0 Å². The molecule has 0 amide bonds. The smallest absolute Gasteiger partial charge is 0.171 e. The van der Waals surface area contributed by atoms with Crippen LogP contribution in [0.4, 0.5) is 5.69 Å². The third-order valence-corrected chi connectivity index (χ3v) is 3.95. The Bertz CT molecular complexity index is 508. The van der Waals surface area contributed by atoms with E-state index < -0.39 is 0 Å². The molecule has 3 N–H and O–H groups in total. The monoisotopic (exact) mass is 311 g/mol. The minimum atomic E-state index is 0.0225. The second-order valence-corrected chi connectivity index (χ2v) is 5.64. The Balaban J connectivity index is 2.09. The van der Waals surface area contributed by atoms with Gasteiger partial charge in [0.25, 0.3) is 0 Å². The number of piperidine rings is 1. The highest BCUT2D eigenvalue weighted by molar-refractivity contribution is 6.34. The van der Waals surface area contributed by atoms with Gasteiger partial charge in [-0.3, -0.25) is 0 Å². The van der Waals surface area contributed by atoms with Crippen molar-refractivity contribution in [3.8, 4) is 0 Å². The van der Waals surface area contributed by atoms with Gasteiger partial charge in [-0.2, -0.15) is 0 Å². The van der Waals surface area contributed by atoms with Crippen molar-refractivity contribution in [1.82, 2.24) is 0 Å². The van der Waals surface area contributed by atoms with Gasteiger partial charge in [-0.05, 0) is 37.5 Å². The second-order valence-electron chi connectivity index (χ2n) is 5.23. The van der Waals surface area contributed by atoms with E-state index in [4.69, 9.17) is 27.3 Å². The lowest BCUT2D eigenvalue weighted by molar-refractivity contribution is 0.0440. The number of benzene rings is 1. The minimum absolute atomic E-state index is 0.0225. The molecule has 1 aromatic carbocycles. The van der Waals surface area contributed by atoms with Crippen LogP contribution in [0.3, 0.4) is 0 Å². The number of anilines is 1. The van der Waals surface area contributed by atoms with E-state index in [1.54, 1.807) is 6.07 Å². The Morgan fingerprint density at radius 1 is 1.57 bits per heavy atom. The maximum atomic E-state index is 8.73. The van der Waals surface area contributed by atoms with Crippen LogP contribution in [0.5, 0.6) is 0 Å². The molecule has 1 aliphatic rings. The van der Waals surface area contributed by atoms with Gasteiger partial charge in [0, 0.05) is 30.9 Å². The lowest BCUT2D eigenvalue weighted by atomic mass is 10.1. The summed E-state index contributed by atoms with van der Waals surface area (Å²) >= 11 is 6.21. The number of hydrogen-bond donors (Lipinski definition) is 2. The van der Waals surface area contributed by atoms with Crippen LogP contribution in [0.2, 0.25) is 5.02 Å². The van der Waals surface area contributed by atoms with E-state index in [9.17, 15) is 0 Å². The molecule has 1 fully saturated rings. The molecule has 1 aliphatic heterocycles. The number of ether oxygens (including phenoxy) is 1. The number of halogens is 1. The van der Waals surface area contributed by atoms with Gasteiger partial charge in [0.05, 0.1) is 11.1 Å². The standard InChI is InChI=1S/C15H22ClN3O2/c1-2-8-21-12-4-3-7-19(10-12)11-5-6-13(14(16)9-11)15(17)18-20/h5-6,9,12,20H,2-4,7-8,10H2,1H3,(H2,17,18). The maximum absolute atomic E-state index is 8.73. The van der Waals surface area contributed by atoms with Gasteiger partial charge >= 0.3 is 0 Å². The number of amidine groups is 1. The molecule has 2 rings (SSSR count). The summed E-state index contributed by atoms with van der Waals surface area (Å²) in [7, 11) is 0. The van der Waals surface area contributed by atoms with Crippen LogP contribution in [-0.2, 0) is 4.74 Å². The van der Waals surface area contributed by atoms with Crippen molar-refractivity contribution in [3.63, 3.8) is 0 Å². The van der Waals surface area contributed by atoms with E-state index >= 15 is 0 Å². The molecule has 0 aliphatic carbocycles. The van der Waals surface area contributed by atoms with Crippen LogP contribution in [0.15, 0.2) is 23.4 Å². The molecule has 21 heavy (non-hydrogen) atoms. The summed E-state index contributed by atoms with van der Waals surface area (Å²) in [6.45, 7) is 4.79. The summed E-state index contributed by atoms with van der Waals surface area (Å²) in [5.41, 5.74) is 7.16. The first-order valence-corrected chi connectivity index (χ1v) is 7.67. The average Bonchev–Trinajstić information content (AvgIpc) is 2.52. The first-order chi connectivity index (χ1) is 10.2. The third-order valence-electron chi connectivity index (χ3n) is 3.64. The molecule has 1 unspecified atom stereocenters. The highest BCUT2D eigenvalue weighted by Gasteiger charge is 2.21. The fourth-order valence-corrected chi connectivity index (χ4v) is 2.83. The van der Waals surface area contributed by atoms with Crippen molar-refractivity contribution >= 4 is 23.1 Å². The molecule has 0 aromatic heterocycles. The van der Waals surface area contributed by atoms with Crippen molar-refractivity contribution < 1.29 is 9.94 Å². The van der Waals surface area contributed by atoms with Gasteiger partial charge in [-0.15, -0.1) is 0 Å². The summed E-state index contributed by atoms with van der Waals surface area (Å²) in [4.78, 5) is 2.27. The third kappa shape index (κ3) is 4.02. The molecule has 0 bridgehead atoms. The van der Waals surface area contributed by atoms with E-state index in [1.807, 2.05) is 12.1 Å². The second kappa shape index (κ2) is 7.52. The van der Waals surface area contributed by atoms with Crippen molar-refractivity contribution in [3.05, 3.63) is 28.8 Å². The van der Waals surface area contributed by atoms with E-state index in [1.165, 1.54) is 0 Å². The summed E-state index contributed by atoms with van der Waals surface area (Å²) in [5.74, 6) is 0.0225. The first-order valence-electron chi connectivity index (χ1n) is 7.29. The van der Waals surface area contributed by atoms with Crippen LogP contribution < -0.4 is 10.6 Å². The maximum Gasteiger partial charge on any atom is 0.171 e. The summed E-state index contributed by atoms with van der Waals surface area (Å²) in [5, 5.41) is 12.2. The van der Waals surface area contributed by atoms with Crippen molar-refractivity contribution in [2.45, 2.75) is 32.3 Å². The van der Waals surface area contributed by atoms with Crippen LogP contribution in [-0.4, -0.2) is 36.8 Å². The summed E-state index contributed by atoms with van der Waals surface area (Å²) in [6, 6.07) is 5.59. The molecule has 6 heteroatoms. The number of oxime groups is 1. The highest BCUT2D eigenvalue weighted by Crippen LogP contribution is 2.26. The lowest BCUT2D eigenvalue weighted by Crippen LogP contribution is -2.39. The zero-order valence-electron chi connectivity index (χ0n) is 12.3. The number of nitrogens with zero attached hydrogens (tertiary/aromatic N) is 2. The molecule has 1 atom stereocenters. The molecule has 1 saturated heterocycles.